The van der Waals surface area contributed by atoms with E-state index in [4.69, 9.17) is 16.3 Å². The average Bonchev–Trinajstić information content (AvgIpc) is 2.77. The van der Waals surface area contributed by atoms with Crippen LogP contribution in [0.5, 0.6) is 0 Å². The Morgan fingerprint density at radius 2 is 2.38 bits per heavy atom. The highest BCUT2D eigenvalue weighted by atomic mass is 35.5. The van der Waals surface area contributed by atoms with Crippen molar-refractivity contribution in [2.75, 3.05) is 25.1 Å². The summed E-state index contributed by atoms with van der Waals surface area (Å²) in [6, 6.07) is 5.40. The maximum absolute atomic E-state index is 11.0. The molecule has 4 heteroatoms. The highest BCUT2D eigenvalue weighted by Crippen LogP contribution is 2.26. The Bertz CT molecular complexity index is 395. The van der Waals surface area contributed by atoms with Crippen LogP contribution in [0.2, 0.25) is 5.02 Å². The minimum absolute atomic E-state index is 0.259. The molecule has 1 unspecified atom stereocenters. The van der Waals surface area contributed by atoms with E-state index in [9.17, 15) is 4.79 Å². The van der Waals surface area contributed by atoms with Crippen LogP contribution in [0.4, 0.5) is 5.69 Å². The number of hydrogen-bond acceptors (Lipinski definition) is 3. The van der Waals surface area contributed by atoms with Crippen molar-refractivity contribution in [3.63, 3.8) is 0 Å². The minimum atomic E-state index is 0.259. The summed E-state index contributed by atoms with van der Waals surface area (Å²) in [5, 5.41) is 0.591. The summed E-state index contributed by atoms with van der Waals surface area (Å²) in [6.07, 6.45) is 2.11. The molecule has 1 saturated heterocycles. The fraction of sp³-hybridized carbons (Fsp3) is 0.417. The fourth-order valence-corrected chi connectivity index (χ4v) is 2.23. The first kappa shape index (κ1) is 11.4. The molecule has 0 amide bonds. The Morgan fingerprint density at radius 1 is 1.56 bits per heavy atom. The second-order valence-corrected chi connectivity index (χ2v) is 4.35. The Morgan fingerprint density at radius 3 is 3.00 bits per heavy atom. The van der Waals surface area contributed by atoms with Crippen LogP contribution in [0.25, 0.3) is 0 Å². The molecule has 3 nitrogen and oxygen atoms in total. The smallest absolute Gasteiger partial charge is 0.152 e. The minimum Gasteiger partial charge on any atom is -0.380 e. The zero-order valence-corrected chi connectivity index (χ0v) is 9.91. The van der Waals surface area contributed by atoms with Gasteiger partial charge in [-0.3, -0.25) is 4.79 Å². The monoisotopic (exact) mass is 239 g/mol. The molecule has 16 heavy (non-hydrogen) atoms. The average molecular weight is 240 g/mol. The molecular formula is C12H14ClNO2. The van der Waals surface area contributed by atoms with Gasteiger partial charge in [-0.05, 0) is 24.6 Å². The lowest BCUT2D eigenvalue weighted by atomic mass is 10.2. The molecule has 0 spiro atoms. The first-order valence-electron chi connectivity index (χ1n) is 5.27. The number of hydrogen-bond donors (Lipinski definition) is 0. The van der Waals surface area contributed by atoms with Gasteiger partial charge < -0.3 is 9.64 Å². The van der Waals surface area contributed by atoms with Crippen LogP contribution in [0, 0.1) is 0 Å². The van der Waals surface area contributed by atoms with E-state index in [2.05, 4.69) is 4.90 Å². The van der Waals surface area contributed by atoms with Crippen molar-refractivity contribution in [3.8, 4) is 0 Å². The van der Waals surface area contributed by atoms with E-state index in [1.165, 1.54) is 0 Å². The van der Waals surface area contributed by atoms with Crippen molar-refractivity contribution in [2.24, 2.45) is 0 Å². The topological polar surface area (TPSA) is 29.5 Å². The van der Waals surface area contributed by atoms with Gasteiger partial charge in [0.25, 0.3) is 0 Å². The van der Waals surface area contributed by atoms with Gasteiger partial charge in [0.15, 0.2) is 6.29 Å². The zero-order chi connectivity index (χ0) is 11.5. The van der Waals surface area contributed by atoms with Gasteiger partial charge in [0.2, 0.25) is 0 Å². The Labute approximate surface area is 100.0 Å². The van der Waals surface area contributed by atoms with E-state index in [1.54, 1.807) is 13.2 Å². The van der Waals surface area contributed by atoms with E-state index >= 15 is 0 Å². The maximum Gasteiger partial charge on any atom is 0.152 e. The lowest BCUT2D eigenvalue weighted by Gasteiger charge is -2.20. The Hall–Kier alpha value is -1.06. The lowest BCUT2D eigenvalue weighted by Crippen LogP contribution is -2.23. The summed E-state index contributed by atoms with van der Waals surface area (Å²) in [5.74, 6) is 0. The standard InChI is InChI=1S/C12H14ClNO2/c1-16-11-4-5-14(7-11)12-3-2-10(13)6-9(12)8-15/h2-3,6,8,11H,4-5,7H2,1H3. The quantitative estimate of drug-likeness (QED) is 0.759. The summed E-state index contributed by atoms with van der Waals surface area (Å²) >= 11 is 5.86. The van der Waals surface area contributed by atoms with Crippen LogP contribution in [-0.4, -0.2) is 32.6 Å². The van der Waals surface area contributed by atoms with Gasteiger partial charge >= 0.3 is 0 Å². The number of rotatable bonds is 3. The number of anilines is 1. The molecule has 0 N–H and O–H groups in total. The van der Waals surface area contributed by atoms with Crippen molar-refractivity contribution in [1.29, 1.82) is 0 Å². The molecular weight excluding hydrogens is 226 g/mol. The number of halogens is 1. The molecule has 0 bridgehead atoms. The van der Waals surface area contributed by atoms with Gasteiger partial charge in [-0.15, -0.1) is 0 Å². The molecule has 0 aliphatic carbocycles. The van der Waals surface area contributed by atoms with E-state index in [1.807, 2.05) is 12.1 Å². The third kappa shape index (κ3) is 2.20. The Kier molecular flexibility index (Phi) is 3.46. The molecule has 86 valence electrons. The second-order valence-electron chi connectivity index (χ2n) is 3.91. The largest absolute Gasteiger partial charge is 0.380 e. The molecule has 1 heterocycles. The molecule has 0 saturated carbocycles. The number of carbonyl (C=O) groups excluding carboxylic acids is 1. The van der Waals surface area contributed by atoms with Gasteiger partial charge in [-0.1, -0.05) is 11.6 Å². The van der Waals surface area contributed by atoms with Gasteiger partial charge in [-0.25, -0.2) is 0 Å². The van der Waals surface area contributed by atoms with Crippen LogP contribution in [0.1, 0.15) is 16.8 Å². The van der Waals surface area contributed by atoms with Crippen molar-refractivity contribution >= 4 is 23.6 Å². The highest BCUT2D eigenvalue weighted by molar-refractivity contribution is 6.31. The van der Waals surface area contributed by atoms with Gasteiger partial charge in [-0.2, -0.15) is 0 Å². The zero-order valence-electron chi connectivity index (χ0n) is 9.15. The molecule has 1 aliphatic rings. The number of ether oxygens (including phenoxy) is 1. The van der Waals surface area contributed by atoms with Crippen LogP contribution < -0.4 is 4.90 Å². The van der Waals surface area contributed by atoms with Crippen LogP contribution in [0.3, 0.4) is 0 Å². The summed E-state index contributed by atoms with van der Waals surface area (Å²) in [7, 11) is 1.72. The molecule has 2 rings (SSSR count). The van der Waals surface area contributed by atoms with Crippen molar-refractivity contribution in [2.45, 2.75) is 12.5 Å². The van der Waals surface area contributed by atoms with Crippen LogP contribution in [-0.2, 0) is 4.74 Å². The first-order chi connectivity index (χ1) is 7.74. The van der Waals surface area contributed by atoms with E-state index in [0.29, 0.717) is 10.6 Å². The number of benzene rings is 1. The molecule has 1 fully saturated rings. The molecule has 1 atom stereocenters. The molecule has 1 aromatic rings. The normalized spacial score (nSPS) is 20.1. The fourth-order valence-electron chi connectivity index (χ4n) is 2.05. The predicted octanol–water partition coefficient (Wildman–Crippen LogP) is 2.38. The van der Waals surface area contributed by atoms with Gasteiger partial charge in [0.05, 0.1) is 6.10 Å². The summed E-state index contributed by atoms with van der Waals surface area (Å²) < 4.78 is 5.30. The van der Waals surface area contributed by atoms with Crippen molar-refractivity contribution in [1.82, 2.24) is 0 Å². The second kappa shape index (κ2) is 4.85. The van der Waals surface area contributed by atoms with E-state index in [-0.39, 0.29) is 6.10 Å². The van der Waals surface area contributed by atoms with Crippen LogP contribution in [0.15, 0.2) is 18.2 Å². The summed E-state index contributed by atoms with van der Waals surface area (Å²) in [5.41, 5.74) is 1.59. The first-order valence-corrected chi connectivity index (χ1v) is 5.65. The third-order valence-corrected chi connectivity index (χ3v) is 3.17. The number of aldehydes is 1. The number of methoxy groups -OCH3 is 1. The number of nitrogens with zero attached hydrogens (tertiary/aromatic N) is 1. The van der Waals surface area contributed by atoms with Gasteiger partial charge in [0, 0.05) is 36.5 Å². The van der Waals surface area contributed by atoms with E-state index in [0.717, 1.165) is 31.5 Å². The molecule has 1 aliphatic heterocycles. The third-order valence-electron chi connectivity index (χ3n) is 2.94. The molecule has 0 aromatic heterocycles. The number of carbonyl (C=O) groups is 1. The van der Waals surface area contributed by atoms with Crippen LogP contribution >= 0.6 is 11.6 Å². The lowest BCUT2D eigenvalue weighted by molar-refractivity contribution is 0.112. The predicted molar refractivity (Wildman–Crippen MR) is 64.5 cm³/mol. The highest BCUT2D eigenvalue weighted by Gasteiger charge is 2.23. The molecule has 1 aromatic carbocycles. The van der Waals surface area contributed by atoms with E-state index < -0.39 is 0 Å². The van der Waals surface area contributed by atoms with Crippen molar-refractivity contribution < 1.29 is 9.53 Å². The SMILES string of the molecule is COC1CCN(c2ccc(Cl)cc2C=O)C1. The Balaban J connectivity index is 2.24. The maximum atomic E-state index is 11.0. The summed E-state index contributed by atoms with van der Waals surface area (Å²) in [6.45, 7) is 1.75. The van der Waals surface area contributed by atoms with Gasteiger partial charge in [0.1, 0.15) is 0 Å². The van der Waals surface area contributed by atoms with Crippen molar-refractivity contribution in [3.05, 3.63) is 28.8 Å². The summed E-state index contributed by atoms with van der Waals surface area (Å²) in [4.78, 5) is 13.1. The molecule has 0 radical (unpaired) electrons.